The molecule has 1 aromatic carbocycles. The number of benzene rings is 1. The first-order valence-electron chi connectivity index (χ1n) is 7.01. The van der Waals surface area contributed by atoms with Crippen molar-refractivity contribution in [1.29, 1.82) is 0 Å². The lowest BCUT2D eigenvalue weighted by Gasteiger charge is -2.15. The van der Waals surface area contributed by atoms with Gasteiger partial charge in [-0.3, -0.25) is 4.79 Å². The fraction of sp³-hybridized carbons (Fsp3) is 0.533. The van der Waals surface area contributed by atoms with Crippen LogP contribution in [0.15, 0.2) is 24.3 Å². The smallest absolute Gasteiger partial charge is 0.257 e. The van der Waals surface area contributed by atoms with Crippen molar-refractivity contribution in [3.63, 3.8) is 0 Å². The number of nitrogens with two attached hydrogens (primary N) is 1. The highest BCUT2D eigenvalue weighted by atomic mass is 16.5. The summed E-state index contributed by atoms with van der Waals surface area (Å²) in [5.41, 5.74) is 6.23. The summed E-state index contributed by atoms with van der Waals surface area (Å²) in [7, 11) is 0. The SMILES string of the molecule is CCCC(CCO)CNC(=O)COc1ccc(N)cc1. The first-order valence-corrected chi connectivity index (χ1v) is 7.01. The number of hydrogen-bond acceptors (Lipinski definition) is 4. The summed E-state index contributed by atoms with van der Waals surface area (Å²) in [4.78, 5) is 11.7. The van der Waals surface area contributed by atoms with Crippen LogP contribution in [0.5, 0.6) is 5.75 Å². The minimum absolute atomic E-state index is 0.0120. The van der Waals surface area contributed by atoms with Gasteiger partial charge in [-0.1, -0.05) is 13.3 Å². The largest absolute Gasteiger partial charge is 0.484 e. The van der Waals surface area contributed by atoms with Gasteiger partial charge in [0.15, 0.2) is 6.61 Å². The molecule has 1 unspecified atom stereocenters. The number of nitrogen functional groups attached to an aromatic ring is 1. The average Bonchev–Trinajstić information content (AvgIpc) is 2.44. The van der Waals surface area contributed by atoms with E-state index in [9.17, 15) is 4.79 Å². The summed E-state index contributed by atoms with van der Waals surface area (Å²) < 4.78 is 5.36. The second kappa shape index (κ2) is 9.20. The highest BCUT2D eigenvalue weighted by molar-refractivity contribution is 5.77. The summed E-state index contributed by atoms with van der Waals surface area (Å²) in [5.74, 6) is 0.793. The Morgan fingerprint density at radius 3 is 2.65 bits per heavy atom. The van der Waals surface area contributed by atoms with Crippen molar-refractivity contribution in [2.24, 2.45) is 5.92 Å². The van der Waals surface area contributed by atoms with Crippen molar-refractivity contribution in [1.82, 2.24) is 5.32 Å². The standard InChI is InChI=1S/C15H24N2O3/c1-2-3-12(8-9-18)10-17-15(19)11-20-14-6-4-13(16)5-7-14/h4-7,12,18H,2-3,8-11,16H2,1H3,(H,17,19). The summed E-state index contributed by atoms with van der Waals surface area (Å²) in [6.07, 6.45) is 2.76. The number of ether oxygens (including phenoxy) is 1. The molecular formula is C15H24N2O3. The predicted octanol–water partition coefficient (Wildman–Crippen LogP) is 1.56. The number of amides is 1. The summed E-state index contributed by atoms with van der Waals surface area (Å²) in [6.45, 7) is 2.82. The van der Waals surface area contributed by atoms with E-state index in [1.54, 1.807) is 24.3 Å². The number of anilines is 1. The molecule has 1 amide bonds. The first-order chi connectivity index (χ1) is 9.65. The number of aliphatic hydroxyl groups excluding tert-OH is 1. The second-order valence-electron chi connectivity index (χ2n) is 4.83. The van der Waals surface area contributed by atoms with Gasteiger partial charge in [-0.05, 0) is 43.0 Å². The lowest BCUT2D eigenvalue weighted by atomic mass is 10.0. The Morgan fingerprint density at radius 1 is 1.35 bits per heavy atom. The predicted molar refractivity (Wildman–Crippen MR) is 79.5 cm³/mol. The molecule has 0 aromatic heterocycles. The van der Waals surface area contributed by atoms with Crippen LogP contribution in [0.25, 0.3) is 0 Å². The zero-order valence-electron chi connectivity index (χ0n) is 12.0. The van der Waals surface area contributed by atoms with Crippen molar-refractivity contribution >= 4 is 11.6 Å². The third-order valence-corrected chi connectivity index (χ3v) is 3.07. The van der Waals surface area contributed by atoms with Crippen molar-refractivity contribution in [3.8, 4) is 5.75 Å². The molecule has 0 saturated carbocycles. The Kier molecular flexibility index (Phi) is 7.50. The third kappa shape index (κ3) is 6.43. The van der Waals surface area contributed by atoms with E-state index in [4.69, 9.17) is 15.6 Å². The Bertz CT molecular complexity index is 387. The quantitative estimate of drug-likeness (QED) is 0.599. The van der Waals surface area contributed by atoms with E-state index < -0.39 is 0 Å². The lowest BCUT2D eigenvalue weighted by molar-refractivity contribution is -0.123. The van der Waals surface area contributed by atoms with Crippen LogP contribution in [0.2, 0.25) is 0 Å². The molecule has 0 aliphatic rings. The van der Waals surface area contributed by atoms with Crippen molar-refractivity contribution in [2.75, 3.05) is 25.5 Å². The Balaban J connectivity index is 2.27. The molecule has 4 N–H and O–H groups in total. The van der Waals surface area contributed by atoms with Gasteiger partial charge in [0.1, 0.15) is 5.75 Å². The minimum Gasteiger partial charge on any atom is -0.484 e. The molecule has 1 rings (SSSR count). The molecule has 0 heterocycles. The summed E-state index contributed by atoms with van der Waals surface area (Å²) in [6, 6.07) is 6.92. The topological polar surface area (TPSA) is 84.6 Å². The summed E-state index contributed by atoms with van der Waals surface area (Å²) >= 11 is 0. The van der Waals surface area contributed by atoms with E-state index in [1.165, 1.54) is 0 Å². The van der Waals surface area contributed by atoms with Gasteiger partial charge in [-0.15, -0.1) is 0 Å². The van der Waals surface area contributed by atoms with Crippen LogP contribution >= 0.6 is 0 Å². The van der Waals surface area contributed by atoms with Crippen LogP contribution in [-0.2, 0) is 4.79 Å². The fourth-order valence-corrected chi connectivity index (χ4v) is 1.96. The highest BCUT2D eigenvalue weighted by Crippen LogP contribution is 2.13. The Morgan fingerprint density at radius 2 is 2.05 bits per heavy atom. The van der Waals surface area contributed by atoms with E-state index in [2.05, 4.69) is 12.2 Å². The van der Waals surface area contributed by atoms with E-state index in [0.29, 0.717) is 30.3 Å². The molecule has 0 radical (unpaired) electrons. The molecule has 0 saturated heterocycles. The number of hydrogen-bond donors (Lipinski definition) is 3. The molecule has 0 aliphatic carbocycles. The number of carbonyl (C=O) groups is 1. The first kappa shape index (κ1) is 16.3. The van der Waals surface area contributed by atoms with Crippen LogP contribution < -0.4 is 15.8 Å². The number of aliphatic hydroxyl groups is 1. The van der Waals surface area contributed by atoms with Gasteiger partial charge in [0.05, 0.1) is 0 Å². The second-order valence-corrected chi connectivity index (χ2v) is 4.83. The number of carbonyl (C=O) groups excluding carboxylic acids is 1. The van der Waals surface area contributed by atoms with Gasteiger partial charge in [-0.2, -0.15) is 0 Å². The van der Waals surface area contributed by atoms with Crippen molar-refractivity contribution < 1.29 is 14.6 Å². The van der Waals surface area contributed by atoms with E-state index >= 15 is 0 Å². The molecular weight excluding hydrogens is 256 g/mol. The highest BCUT2D eigenvalue weighted by Gasteiger charge is 2.09. The van der Waals surface area contributed by atoms with E-state index in [-0.39, 0.29) is 19.1 Å². The molecule has 0 fully saturated rings. The minimum atomic E-state index is -0.152. The van der Waals surface area contributed by atoms with E-state index in [1.807, 2.05) is 0 Å². The van der Waals surface area contributed by atoms with Gasteiger partial charge in [0, 0.05) is 18.8 Å². The normalized spacial score (nSPS) is 11.9. The molecule has 5 nitrogen and oxygen atoms in total. The molecule has 5 heteroatoms. The maximum atomic E-state index is 11.7. The Labute approximate surface area is 120 Å². The van der Waals surface area contributed by atoms with Crippen LogP contribution in [0.4, 0.5) is 5.69 Å². The number of nitrogens with one attached hydrogen (secondary N) is 1. The maximum Gasteiger partial charge on any atom is 0.257 e. The van der Waals surface area contributed by atoms with Gasteiger partial charge < -0.3 is 20.9 Å². The van der Waals surface area contributed by atoms with Gasteiger partial charge in [-0.25, -0.2) is 0 Å². The van der Waals surface area contributed by atoms with Gasteiger partial charge >= 0.3 is 0 Å². The zero-order chi connectivity index (χ0) is 14.8. The van der Waals surface area contributed by atoms with Crippen LogP contribution in [0.1, 0.15) is 26.2 Å². The lowest BCUT2D eigenvalue weighted by Crippen LogP contribution is -2.33. The van der Waals surface area contributed by atoms with Crippen LogP contribution in [-0.4, -0.2) is 30.8 Å². The van der Waals surface area contributed by atoms with Crippen molar-refractivity contribution in [3.05, 3.63) is 24.3 Å². The number of rotatable bonds is 9. The monoisotopic (exact) mass is 280 g/mol. The Hall–Kier alpha value is -1.75. The van der Waals surface area contributed by atoms with E-state index in [0.717, 1.165) is 12.8 Å². The molecule has 112 valence electrons. The van der Waals surface area contributed by atoms with Crippen molar-refractivity contribution in [2.45, 2.75) is 26.2 Å². The van der Waals surface area contributed by atoms with Gasteiger partial charge in [0.2, 0.25) is 0 Å². The molecule has 0 aliphatic heterocycles. The zero-order valence-corrected chi connectivity index (χ0v) is 12.0. The molecule has 0 bridgehead atoms. The van der Waals surface area contributed by atoms with Gasteiger partial charge in [0.25, 0.3) is 5.91 Å². The summed E-state index contributed by atoms with van der Waals surface area (Å²) in [5, 5.41) is 11.8. The fourth-order valence-electron chi connectivity index (χ4n) is 1.96. The molecule has 1 aromatic rings. The third-order valence-electron chi connectivity index (χ3n) is 3.07. The molecule has 0 spiro atoms. The molecule has 1 atom stereocenters. The van der Waals surface area contributed by atoms with Crippen LogP contribution in [0, 0.1) is 5.92 Å². The maximum absolute atomic E-state index is 11.7. The molecule has 20 heavy (non-hydrogen) atoms. The average molecular weight is 280 g/mol. The van der Waals surface area contributed by atoms with Crippen LogP contribution in [0.3, 0.4) is 0 Å².